The van der Waals surface area contributed by atoms with Gasteiger partial charge in [0.05, 0.1) is 12.4 Å². The smallest absolute Gasteiger partial charge is 0.250 e. The van der Waals surface area contributed by atoms with Crippen molar-refractivity contribution in [2.24, 2.45) is 11.7 Å². The van der Waals surface area contributed by atoms with Gasteiger partial charge in [-0.2, -0.15) is 0 Å². The lowest BCUT2D eigenvalue weighted by molar-refractivity contribution is -0.135. The third-order valence-electron chi connectivity index (χ3n) is 7.63. The normalized spacial score (nSPS) is 16.2. The van der Waals surface area contributed by atoms with Crippen molar-refractivity contribution in [3.63, 3.8) is 0 Å². The topological polar surface area (TPSA) is 122 Å². The number of nitrogens with one attached hydrogen (secondary N) is 2. The van der Waals surface area contributed by atoms with Gasteiger partial charge in [0.1, 0.15) is 12.1 Å². The minimum absolute atomic E-state index is 0.00443. The molecule has 9 nitrogen and oxygen atoms in total. The van der Waals surface area contributed by atoms with Crippen LogP contribution in [0.4, 0.5) is 5.82 Å². The molecule has 1 aliphatic heterocycles. The molecule has 3 unspecified atom stereocenters. The van der Waals surface area contributed by atoms with Crippen LogP contribution >= 0.6 is 11.3 Å². The van der Waals surface area contributed by atoms with Crippen LogP contribution < -0.4 is 16.4 Å². The van der Waals surface area contributed by atoms with Gasteiger partial charge in [-0.05, 0) is 53.6 Å². The third-order valence-corrected chi connectivity index (χ3v) is 8.64. The van der Waals surface area contributed by atoms with Crippen molar-refractivity contribution < 1.29 is 14.4 Å². The molecule has 1 aliphatic rings. The molecule has 0 aliphatic carbocycles. The van der Waals surface area contributed by atoms with E-state index in [0.717, 1.165) is 47.1 Å². The third kappa shape index (κ3) is 6.66. The number of likely N-dealkylation sites (tertiary alicyclic amines) is 1. The minimum Gasteiger partial charge on any atom is -0.343 e. The molecular formula is C31H36N6O3S. The minimum atomic E-state index is -0.862. The number of carbonyl (C=O) groups excluding carboxylic acids is 3. The highest BCUT2D eigenvalue weighted by atomic mass is 32.1. The number of nitrogens with zero attached hydrogens (tertiary/aromatic N) is 3. The van der Waals surface area contributed by atoms with Crippen molar-refractivity contribution in [3.8, 4) is 0 Å². The van der Waals surface area contributed by atoms with Crippen molar-refractivity contribution in [1.82, 2.24) is 19.8 Å². The van der Waals surface area contributed by atoms with Gasteiger partial charge in [0.25, 0.3) is 0 Å². The molecule has 3 heterocycles. The van der Waals surface area contributed by atoms with Gasteiger partial charge in [0.15, 0.2) is 5.82 Å². The fourth-order valence-corrected chi connectivity index (χ4v) is 6.13. The summed E-state index contributed by atoms with van der Waals surface area (Å²) >= 11 is 1.59. The van der Waals surface area contributed by atoms with Gasteiger partial charge in [-0.1, -0.05) is 55.5 Å². The monoisotopic (exact) mass is 572 g/mol. The predicted molar refractivity (Wildman–Crippen MR) is 162 cm³/mol. The molecule has 0 radical (unpaired) electrons. The van der Waals surface area contributed by atoms with Gasteiger partial charge in [0, 0.05) is 30.4 Å². The predicted octanol–water partition coefficient (Wildman–Crippen LogP) is 3.96. The molecule has 1 saturated heterocycles. The number of carbonyl (C=O) groups is 3. The zero-order chi connectivity index (χ0) is 28.9. The van der Waals surface area contributed by atoms with Gasteiger partial charge in [-0.25, -0.2) is 4.98 Å². The molecule has 2 aromatic heterocycles. The highest BCUT2D eigenvalue weighted by Gasteiger charge is 2.30. The number of rotatable bonds is 9. The first-order valence-corrected chi connectivity index (χ1v) is 14.9. The summed E-state index contributed by atoms with van der Waals surface area (Å²) in [4.78, 5) is 46.1. The first-order chi connectivity index (χ1) is 19.8. The van der Waals surface area contributed by atoms with Gasteiger partial charge in [-0.3, -0.25) is 14.4 Å². The molecule has 0 bridgehead atoms. The van der Waals surface area contributed by atoms with E-state index < -0.39 is 29.9 Å². The van der Waals surface area contributed by atoms with Crippen molar-refractivity contribution >= 4 is 45.0 Å². The molecule has 4 N–H and O–H groups in total. The van der Waals surface area contributed by atoms with Crippen LogP contribution in [0.15, 0.2) is 72.5 Å². The Labute approximate surface area is 243 Å². The van der Waals surface area contributed by atoms with Crippen molar-refractivity contribution in [1.29, 1.82) is 0 Å². The number of aromatic nitrogens is 2. The lowest BCUT2D eigenvalue weighted by Crippen LogP contribution is -2.50. The standard InChI is InChI=1S/C31H36N6O3S/c1-20-12-14-36(15-13-20)31(40)28(22-8-4-3-5-9-22)37-17-27(33-19-37)35-30(39)25(34-29(38)21(2)32)16-23-18-41-26-11-7-6-10-24(23)26/h3-11,17-21,25,28H,12-16,32H2,1-2H3,(H,34,38)(H,35,39). The van der Waals surface area contributed by atoms with E-state index in [2.05, 4.69) is 22.5 Å². The quantitative estimate of drug-likeness (QED) is 0.280. The number of imidazole rings is 1. The van der Waals surface area contributed by atoms with Gasteiger partial charge >= 0.3 is 0 Å². The highest BCUT2D eigenvalue weighted by Crippen LogP contribution is 2.28. The maximum absolute atomic E-state index is 13.7. The maximum atomic E-state index is 13.7. The van der Waals surface area contributed by atoms with Crippen LogP contribution in [0.1, 0.15) is 43.9 Å². The van der Waals surface area contributed by atoms with Crippen LogP contribution in [0.25, 0.3) is 10.1 Å². The molecule has 41 heavy (non-hydrogen) atoms. The number of amides is 3. The first kappa shape index (κ1) is 28.5. The zero-order valence-electron chi connectivity index (χ0n) is 23.3. The second-order valence-corrected chi connectivity index (χ2v) is 11.7. The Morgan fingerprint density at radius 3 is 2.49 bits per heavy atom. The van der Waals surface area contributed by atoms with Crippen LogP contribution in [0.3, 0.4) is 0 Å². The fourth-order valence-electron chi connectivity index (χ4n) is 5.16. The second-order valence-electron chi connectivity index (χ2n) is 10.8. The SMILES string of the molecule is CC1CCN(C(=O)C(c2ccccc2)n2cnc(NC(=O)C(Cc3csc4ccccc34)NC(=O)C(C)N)c2)CC1. The summed E-state index contributed by atoms with van der Waals surface area (Å²) in [5, 5.41) is 8.70. The zero-order valence-corrected chi connectivity index (χ0v) is 24.1. The summed E-state index contributed by atoms with van der Waals surface area (Å²) in [5.41, 5.74) is 7.61. The van der Waals surface area contributed by atoms with Crippen LogP contribution in [-0.4, -0.2) is 57.3 Å². The maximum Gasteiger partial charge on any atom is 0.250 e. The molecule has 3 amide bonds. The summed E-state index contributed by atoms with van der Waals surface area (Å²) in [7, 11) is 0. The van der Waals surface area contributed by atoms with E-state index in [9.17, 15) is 14.4 Å². The average molecular weight is 573 g/mol. The molecule has 0 spiro atoms. The largest absolute Gasteiger partial charge is 0.343 e. The molecular weight excluding hydrogens is 536 g/mol. The van der Waals surface area contributed by atoms with Crippen molar-refractivity contribution in [2.75, 3.05) is 18.4 Å². The number of piperidine rings is 1. The number of benzene rings is 2. The Morgan fingerprint density at radius 2 is 1.76 bits per heavy atom. The lowest BCUT2D eigenvalue weighted by atomic mass is 9.97. The molecule has 3 atom stereocenters. The molecule has 214 valence electrons. The van der Waals surface area contributed by atoms with Gasteiger partial charge in [0.2, 0.25) is 17.7 Å². The summed E-state index contributed by atoms with van der Waals surface area (Å²) in [6, 6.07) is 15.3. The van der Waals surface area contributed by atoms with Crippen LogP contribution in [0.2, 0.25) is 0 Å². The van der Waals surface area contributed by atoms with Crippen molar-refractivity contribution in [2.45, 2.75) is 51.2 Å². The second kappa shape index (κ2) is 12.7. The van der Waals surface area contributed by atoms with E-state index in [1.807, 2.05) is 64.9 Å². The van der Waals surface area contributed by atoms with Crippen LogP contribution in [-0.2, 0) is 20.8 Å². The Bertz CT molecular complexity index is 1510. The van der Waals surface area contributed by atoms with E-state index in [-0.39, 0.29) is 5.91 Å². The fraction of sp³-hybridized carbons (Fsp3) is 0.355. The average Bonchev–Trinajstić information content (AvgIpc) is 3.60. The molecule has 1 fully saturated rings. The molecule has 4 aromatic rings. The molecule has 10 heteroatoms. The summed E-state index contributed by atoms with van der Waals surface area (Å²) in [6.07, 6.45) is 5.50. The number of hydrogen-bond acceptors (Lipinski definition) is 6. The summed E-state index contributed by atoms with van der Waals surface area (Å²) in [6.45, 7) is 5.24. The Morgan fingerprint density at radius 1 is 1.05 bits per heavy atom. The number of anilines is 1. The lowest BCUT2D eigenvalue weighted by Gasteiger charge is -2.33. The van der Waals surface area contributed by atoms with E-state index >= 15 is 0 Å². The molecule has 2 aromatic carbocycles. The number of hydrogen-bond donors (Lipinski definition) is 3. The summed E-state index contributed by atoms with van der Waals surface area (Å²) in [5.74, 6) is 0.0796. The van der Waals surface area contributed by atoms with E-state index in [1.165, 1.54) is 0 Å². The van der Waals surface area contributed by atoms with Crippen LogP contribution in [0.5, 0.6) is 0 Å². The van der Waals surface area contributed by atoms with E-state index in [0.29, 0.717) is 18.2 Å². The van der Waals surface area contributed by atoms with E-state index in [1.54, 1.807) is 35.4 Å². The number of thiophene rings is 1. The van der Waals surface area contributed by atoms with Crippen molar-refractivity contribution in [3.05, 3.63) is 83.6 Å². The Hall–Kier alpha value is -4.02. The van der Waals surface area contributed by atoms with Gasteiger partial charge < -0.3 is 25.8 Å². The Balaban J connectivity index is 1.37. The Kier molecular flexibility index (Phi) is 8.80. The number of nitrogens with two attached hydrogens (primary N) is 1. The highest BCUT2D eigenvalue weighted by molar-refractivity contribution is 7.17. The first-order valence-electron chi connectivity index (χ1n) is 14.0. The van der Waals surface area contributed by atoms with E-state index in [4.69, 9.17) is 5.73 Å². The van der Waals surface area contributed by atoms with Gasteiger partial charge in [-0.15, -0.1) is 11.3 Å². The van der Waals surface area contributed by atoms with Crippen LogP contribution in [0, 0.1) is 5.92 Å². The molecule has 0 saturated carbocycles. The summed E-state index contributed by atoms with van der Waals surface area (Å²) < 4.78 is 2.85. The molecule has 5 rings (SSSR count). The number of fused-ring (bicyclic) bond motifs is 1.